The Labute approximate surface area is 171 Å². The van der Waals surface area contributed by atoms with E-state index < -0.39 is 5.54 Å². The van der Waals surface area contributed by atoms with Gasteiger partial charge in [-0.25, -0.2) is 0 Å². The topological polar surface area (TPSA) is 52.5 Å². The van der Waals surface area contributed by atoms with E-state index in [4.69, 9.17) is 0 Å². The van der Waals surface area contributed by atoms with Crippen LogP contribution in [0.25, 0.3) is 32.3 Å². The Kier molecular flexibility index (Phi) is 6.21. The van der Waals surface area contributed by atoms with Gasteiger partial charge in [0.1, 0.15) is 0 Å². The van der Waals surface area contributed by atoms with Gasteiger partial charge >= 0.3 is 0 Å². The van der Waals surface area contributed by atoms with Gasteiger partial charge in [0.2, 0.25) is 0 Å². The minimum atomic E-state index is -0.496. The van der Waals surface area contributed by atoms with E-state index in [0.29, 0.717) is 13.0 Å². The van der Waals surface area contributed by atoms with Gasteiger partial charge < -0.3 is 15.5 Å². The zero-order valence-corrected chi connectivity index (χ0v) is 16.8. The molecule has 0 aromatic heterocycles. The van der Waals surface area contributed by atoms with Crippen molar-refractivity contribution in [3.05, 3.63) is 72.3 Å². The summed E-state index contributed by atoms with van der Waals surface area (Å²) in [4.78, 5) is 0. The third-order valence-electron chi connectivity index (χ3n) is 5.57. The number of rotatable bonds is 6. The van der Waals surface area contributed by atoms with Crippen LogP contribution in [0.5, 0.6) is 0 Å². The van der Waals surface area contributed by atoms with Gasteiger partial charge in [0.15, 0.2) is 0 Å². The highest BCUT2D eigenvalue weighted by molar-refractivity contribution is 6.18. The molecule has 146 valence electrons. The molecule has 1 unspecified atom stereocenters. The first-order valence-electron chi connectivity index (χ1n) is 9.44. The van der Waals surface area contributed by atoms with E-state index in [0.717, 1.165) is 0 Å². The minimum Gasteiger partial charge on any atom is -0.396 e. The van der Waals surface area contributed by atoms with Crippen molar-refractivity contribution in [2.45, 2.75) is 25.4 Å². The van der Waals surface area contributed by atoms with Gasteiger partial charge in [0, 0.05) is 18.7 Å². The quantitative estimate of drug-likeness (QED) is 0.411. The van der Waals surface area contributed by atoms with Crippen LogP contribution in [-0.4, -0.2) is 29.0 Å². The van der Waals surface area contributed by atoms with Crippen molar-refractivity contribution >= 4 is 44.7 Å². The maximum Gasteiger partial charge on any atom is 0.0611 e. The molecule has 0 radical (unpaired) electrons. The molecule has 1 atom stereocenters. The Balaban J connectivity index is 0.00000225. The molecular formula is C24H26ClNO2. The molecule has 3 nitrogen and oxygen atoms in total. The summed E-state index contributed by atoms with van der Waals surface area (Å²) in [5, 5.41) is 30.0. The van der Waals surface area contributed by atoms with E-state index in [1.807, 2.05) is 6.92 Å². The van der Waals surface area contributed by atoms with Crippen molar-refractivity contribution in [3.63, 3.8) is 0 Å². The van der Waals surface area contributed by atoms with Gasteiger partial charge in [-0.05, 0) is 57.3 Å². The maximum atomic E-state index is 9.75. The number of nitrogens with one attached hydrogen (secondary N) is 1. The highest BCUT2D eigenvalue weighted by atomic mass is 35.5. The van der Waals surface area contributed by atoms with Crippen molar-refractivity contribution in [1.29, 1.82) is 0 Å². The molecule has 0 heterocycles. The van der Waals surface area contributed by atoms with Crippen molar-refractivity contribution < 1.29 is 10.2 Å². The van der Waals surface area contributed by atoms with Crippen LogP contribution < -0.4 is 5.32 Å². The molecule has 4 rings (SSSR count). The molecule has 0 aliphatic carbocycles. The van der Waals surface area contributed by atoms with Gasteiger partial charge in [0.25, 0.3) is 0 Å². The molecule has 28 heavy (non-hydrogen) atoms. The summed E-state index contributed by atoms with van der Waals surface area (Å²) in [7, 11) is 0. The molecule has 3 N–H and O–H groups in total. The fraction of sp³-hybridized carbons (Fsp3) is 0.250. The second kappa shape index (κ2) is 8.46. The predicted octanol–water partition coefficient (Wildman–Crippen LogP) is 4.79. The number of aliphatic hydroxyl groups excluding tert-OH is 2. The molecule has 4 aromatic rings. The molecule has 0 spiro atoms. The number of aliphatic hydroxyl groups is 2. The molecule has 0 fully saturated rings. The van der Waals surface area contributed by atoms with Gasteiger partial charge in [-0.15, -0.1) is 12.4 Å². The molecule has 0 saturated heterocycles. The summed E-state index contributed by atoms with van der Waals surface area (Å²) in [5.41, 5.74) is 0.705. The molecule has 4 heteroatoms. The molecule has 0 saturated carbocycles. The van der Waals surface area contributed by atoms with Crippen molar-refractivity contribution in [2.24, 2.45) is 0 Å². The van der Waals surface area contributed by atoms with Crippen LogP contribution in [0.2, 0.25) is 0 Å². The Hall–Kier alpha value is -2.17. The van der Waals surface area contributed by atoms with Crippen LogP contribution in [0.4, 0.5) is 0 Å². The summed E-state index contributed by atoms with van der Waals surface area (Å²) in [6.07, 6.45) is 0.512. The molecular weight excluding hydrogens is 370 g/mol. The first-order valence-corrected chi connectivity index (χ1v) is 9.44. The summed E-state index contributed by atoms with van der Waals surface area (Å²) in [6, 6.07) is 23.6. The van der Waals surface area contributed by atoms with Crippen LogP contribution in [-0.2, 0) is 6.54 Å². The normalized spacial score (nSPS) is 13.5. The average molecular weight is 396 g/mol. The van der Waals surface area contributed by atoms with E-state index in [1.54, 1.807) is 0 Å². The average Bonchev–Trinajstić information content (AvgIpc) is 2.72. The van der Waals surface area contributed by atoms with E-state index in [1.165, 1.54) is 37.9 Å². The van der Waals surface area contributed by atoms with Gasteiger partial charge in [-0.1, -0.05) is 60.7 Å². The molecule has 4 aromatic carbocycles. The number of fused-ring (bicyclic) bond motifs is 5. The fourth-order valence-corrected chi connectivity index (χ4v) is 3.86. The summed E-state index contributed by atoms with van der Waals surface area (Å²) >= 11 is 0. The maximum absolute atomic E-state index is 9.75. The van der Waals surface area contributed by atoms with Crippen LogP contribution >= 0.6 is 12.4 Å². The third-order valence-corrected chi connectivity index (χ3v) is 5.57. The Morgan fingerprint density at radius 2 is 1.43 bits per heavy atom. The van der Waals surface area contributed by atoms with E-state index in [-0.39, 0.29) is 25.6 Å². The summed E-state index contributed by atoms with van der Waals surface area (Å²) < 4.78 is 0. The van der Waals surface area contributed by atoms with Crippen LogP contribution in [0.15, 0.2) is 66.7 Å². The highest BCUT2D eigenvalue weighted by Crippen LogP contribution is 2.33. The first kappa shape index (κ1) is 20.6. The lowest BCUT2D eigenvalue weighted by Crippen LogP contribution is -2.46. The highest BCUT2D eigenvalue weighted by Gasteiger charge is 2.22. The van der Waals surface area contributed by atoms with Crippen LogP contribution in [0, 0.1) is 0 Å². The van der Waals surface area contributed by atoms with E-state index in [9.17, 15) is 10.2 Å². The van der Waals surface area contributed by atoms with Crippen LogP contribution in [0.1, 0.15) is 18.9 Å². The standard InChI is InChI=1S/C24H25NO2.ClH/c1-24(16-27,12-13-26)25-15-18-14-23-19-7-3-2-6-17(19)10-11-22(23)21-9-5-4-8-20(18)21;/h2-11,14,25-27H,12-13,15-16H2,1H3;1H. The van der Waals surface area contributed by atoms with Gasteiger partial charge in [-0.3, -0.25) is 0 Å². The number of hydrogen-bond acceptors (Lipinski definition) is 3. The van der Waals surface area contributed by atoms with Crippen molar-refractivity contribution in [3.8, 4) is 0 Å². The number of halogens is 1. The molecule has 0 aliphatic rings. The molecule has 0 aliphatic heterocycles. The van der Waals surface area contributed by atoms with Crippen molar-refractivity contribution in [1.82, 2.24) is 5.32 Å². The van der Waals surface area contributed by atoms with E-state index in [2.05, 4.69) is 72.0 Å². The Morgan fingerprint density at radius 3 is 2.14 bits per heavy atom. The largest absolute Gasteiger partial charge is 0.396 e. The van der Waals surface area contributed by atoms with Gasteiger partial charge in [0.05, 0.1) is 6.61 Å². The third kappa shape index (κ3) is 3.71. The second-order valence-electron chi connectivity index (χ2n) is 7.51. The lowest BCUT2D eigenvalue weighted by Gasteiger charge is -2.28. The van der Waals surface area contributed by atoms with E-state index >= 15 is 0 Å². The summed E-state index contributed by atoms with van der Waals surface area (Å²) in [6.45, 7) is 2.62. The lowest BCUT2D eigenvalue weighted by molar-refractivity contribution is 0.137. The zero-order chi connectivity index (χ0) is 18.9. The minimum absolute atomic E-state index is 0. The Morgan fingerprint density at radius 1 is 0.786 bits per heavy atom. The number of hydrogen-bond donors (Lipinski definition) is 3. The second-order valence-corrected chi connectivity index (χ2v) is 7.51. The number of benzene rings is 4. The molecule has 0 bridgehead atoms. The first-order chi connectivity index (χ1) is 13.1. The van der Waals surface area contributed by atoms with Crippen molar-refractivity contribution in [2.75, 3.05) is 13.2 Å². The monoisotopic (exact) mass is 395 g/mol. The predicted molar refractivity (Wildman–Crippen MR) is 120 cm³/mol. The SMILES string of the molecule is CC(CO)(CCO)NCc1cc2c3ccccc3ccc2c2ccccc12.Cl. The Bertz CT molecular complexity index is 1110. The fourth-order valence-electron chi connectivity index (χ4n) is 3.86. The van der Waals surface area contributed by atoms with Gasteiger partial charge in [-0.2, -0.15) is 0 Å². The zero-order valence-electron chi connectivity index (χ0n) is 16.0. The lowest BCUT2D eigenvalue weighted by atomic mass is 9.93. The summed E-state index contributed by atoms with van der Waals surface area (Å²) in [5.74, 6) is 0. The van der Waals surface area contributed by atoms with Crippen LogP contribution in [0.3, 0.4) is 0 Å². The molecule has 0 amide bonds. The smallest absolute Gasteiger partial charge is 0.0611 e.